The fraction of sp³-hybridized carbons (Fsp3) is 0.130. The molecule has 1 N–H and O–H groups in total. The van der Waals surface area contributed by atoms with Crippen LogP contribution in [0, 0.1) is 0 Å². The van der Waals surface area contributed by atoms with Crippen molar-refractivity contribution >= 4 is 23.1 Å². The molecule has 30 heavy (non-hydrogen) atoms. The van der Waals surface area contributed by atoms with Crippen LogP contribution in [0.1, 0.15) is 27.9 Å². The van der Waals surface area contributed by atoms with Crippen molar-refractivity contribution < 1.29 is 19.2 Å². The van der Waals surface area contributed by atoms with Crippen LogP contribution in [0.4, 0.5) is 5.69 Å². The van der Waals surface area contributed by atoms with E-state index in [-0.39, 0.29) is 11.7 Å². The summed E-state index contributed by atoms with van der Waals surface area (Å²) in [6.07, 6.45) is 3.01. The first-order chi connectivity index (χ1) is 14.6. The lowest BCUT2D eigenvalue weighted by Crippen LogP contribution is -2.28. The van der Waals surface area contributed by atoms with E-state index in [1.165, 1.54) is 0 Å². The molecule has 4 rings (SSSR count). The van der Waals surface area contributed by atoms with Gasteiger partial charge < -0.3 is 14.9 Å². The number of oxime groups is 1. The van der Waals surface area contributed by atoms with Gasteiger partial charge in [-0.2, -0.15) is 0 Å². The largest absolute Gasteiger partial charge is 0.497 e. The molecule has 0 spiro atoms. The molecule has 1 aromatic heterocycles. The average Bonchev–Trinajstić information content (AvgIpc) is 3.30. The van der Waals surface area contributed by atoms with Crippen LogP contribution < -0.4 is 10.1 Å². The maximum absolute atomic E-state index is 12.6. The number of carbonyl (C=O) groups is 2. The van der Waals surface area contributed by atoms with Gasteiger partial charge in [-0.15, -0.1) is 0 Å². The maximum Gasteiger partial charge on any atom is 0.268 e. The number of nitrogens with zero attached hydrogens (tertiary/aromatic N) is 2. The van der Waals surface area contributed by atoms with Crippen molar-refractivity contribution in [1.29, 1.82) is 0 Å². The zero-order chi connectivity index (χ0) is 20.9. The number of nitrogens with one attached hydrogen (secondary N) is 1. The van der Waals surface area contributed by atoms with E-state index < -0.39 is 6.10 Å². The summed E-state index contributed by atoms with van der Waals surface area (Å²) < 4.78 is 5.11. The Balaban J connectivity index is 1.36. The first kappa shape index (κ1) is 19.3. The Morgan fingerprint density at radius 1 is 1.03 bits per heavy atom. The smallest absolute Gasteiger partial charge is 0.268 e. The van der Waals surface area contributed by atoms with E-state index in [4.69, 9.17) is 9.57 Å². The third-order valence-corrected chi connectivity index (χ3v) is 4.72. The van der Waals surface area contributed by atoms with E-state index in [2.05, 4.69) is 15.5 Å². The minimum Gasteiger partial charge on any atom is -0.497 e. The molecule has 7 heteroatoms. The molecule has 0 bridgehead atoms. The molecule has 2 aromatic carbocycles. The predicted molar refractivity (Wildman–Crippen MR) is 112 cm³/mol. The number of benzene rings is 2. The topological polar surface area (TPSA) is 89.9 Å². The van der Waals surface area contributed by atoms with Crippen molar-refractivity contribution in [1.82, 2.24) is 4.98 Å². The van der Waals surface area contributed by atoms with Gasteiger partial charge in [-0.1, -0.05) is 5.16 Å². The van der Waals surface area contributed by atoms with Crippen molar-refractivity contribution in [2.75, 3.05) is 12.4 Å². The van der Waals surface area contributed by atoms with Crippen LogP contribution in [-0.4, -0.2) is 35.6 Å². The number of ether oxygens (including phenoxy) is 1. The van der Waals surface area contributed by atoms with E-state index >= 15 is 0 Å². The lowest BCUT2D eigenvalue weighted by Gasteiger charge is -2.10. The minimum atomic E-state index is -0.708. The van der Waals surface area contributed by atoms with Gasteiger partial charge in [0, 0.05) is 41.2 Å². The summed E-state index contributed by atoms with van der Waals surface area (Å²) in [4.78, 5) is 34.4. The maximum atomic E-state index is 12.6. The molecule has 1 aliphatic rings. The molecule has 3 aromatic rings. The molecule has 0 saturated heterocycles. The normalized spacial score (nSPS) is 15.1. The molecule has 1 unspecified atom stereocenters. The Morgan fingerprint density at radius 3 is 2.37 bits per heavy atom. The first-order valence-electron chi connectivity index (χ1n) is 9.37. The summed E-state index contributed by atoms with van der Waals surface area (Å²) >= 11 is 0. The van der Waals surface area contributed by atoms with Crippen molar-refractivity contribution in [2.24, 2.45) is 5.16 Å². The lowest BCUT2D eigenvalue weighted by atomic mass is 10.0. The molecular weight excluding hydrogens is 382 g/mol. The molecule has 2 heterocycles. The zero-order valence-corrected chi connectivity index (χ0v) is 16.2. The molecule has 0 fully saturated rings. The number of rotatable bonds is 6. The van der Waals surface area contributed by atoms with Gasteiger partial charge in [-0.25, -0.2) is 0 Å². The molecule has 0 aliphatic carbocycles. The Bertz CT molecular complexity index is 1080. The van der Waals surface area contributed by atoms with Crippen molar-refractivity contribution in [3.05, 3.63) is 89.7 Å². The van der Waals surface area contributed by atoms with Crippen LogP contribution in [0.25, 0.3) is 0 Å². The predicted octanol–water partition coefficient (Wildman–Crippen LogP) is 3.45. The van der Waals surface area contributed by atoms with Gasteiger partial charge >= 0.3 is 0 Å². The minimum absolute atomic E-state index is 0.107. The molecule has 7 nitrogen and oxygen atoms in total. The second kappa shape index (κ2) is 8.57. The number of methoxy groups -OCH3 is 1. The van der Waals surface area contributed by atoms with Crippen LogP contribution in [-0.2, 0) is 9.63 Å². The highest BCUT2D eigenvalue weighted by molar-refractivity contribution is 6.09. The van der Waals surface area contributed by atoms with Gasteiger partial charge in [0.15, 0.2) is 5.78 Å². The van der Waals surface area contributed by atoms with Crippen LogP contribution in [0.2, 0.25) is 0 Å². The van der Waals surface area contributed by atoms with Gasteiger partial charge in [0.2, 0.25) is 6.10 Å². The highest BCUT2D eigenvalue weighted by atomic mass is 16.6. The second-order valence-electron chi connectivity index (χ2n) is 6.70. The Labute approximate surface area is 173 Å². The third-order valence-electron chi connectivity index (χ3n) is 4.72. The zero-order valence-electron chi connectivity index (χ0n) is 16.2. The van der Waals surface area contributed by atoms with Gasteiger partial charge in [-0.3, -0.25) is 14.6 Å². The summed E-state index contributed by atoms with van der Waals surface area (Å²) in [5.74, 6) is 0.283. The van der Waals surface area contributed by atoms with Crippen LogP contribution in [0.5, 0.6) is 5.75 Å². The van der Waals surface area contributed by atoms with Crippen LogP contribution >= 0.6 is 0 Å². The van der Waals surface area contributed by atoms with Gasteiger partial charge in [-0.05, 0) is 60.7 Å². The molecule has 1 aliphatic heterocycles. The van der Waals surface area contributed by atoms with Crippen LogP contribution in [0.15, 0.2) is 78.2 Å². The molecule has 0 saturated carbocycles. The fourth-order valence-corrected chi connectivity index (χ4v) is 3.06. The summed E-state index contributed by atoms with van der Waals surface area (Å²) in [6.45, 7) is 0. The number of carbonyl (C=O) groups excluding carboxylic acids is 2. The third kappa shape index (κ3) is 4.20. The molecule has 1 amide bonds. The monoisotopic (exact) mass is 401 g/mol. The van der Waals surface area contributed by atoms with Crippen LogP contribution in [0.3, 0.4) is 0 Å². The van der Waals surface area contributed by atoms with Gasteiger partial charge in [0.1, 0.15) is 5.75 Å². The SMILES string of the molecule is COc1ccc(C(=O)c2ccc(NC(=O)C3CC(c4cccnc4)=NO3)cc2)cc1. The number of hydrogen-bond acceptors (Lipinski definition) is 6. The van der Waals surface area contributed by atoms with Gasteiger partial charge in [0.25, 0.3) is 5.91 Å². The van der Waals surface area contributed by atoms with E-state index in [9.17, 15) is 9.59 Å². The Hall–Kier alpha value is -4.00. The van der Waals surface area contributed by atoms with Crippen molar-refractivity contribution in [3.8, 4) is 5.75 Å². The first-order valence-corrected chi connectivity index (χ1v) is 9.37. The van der Waals surface area contributed by atoms with Crippen molar-refractivity contribution in [3.63, 3.8) is 0 Å². The summed E-state index contributed by atoms with van der Waals surface area (Å²) in [5.41, 5.74) is 3.17. The summed E-state index contributed by atoms with van der Waals surface area (Å²) in [6, 6.07) is 17.3. The average molecular weight is 401 g/mol. The fourth-order valence-electron chi connectivity index (χ4n) is 3.06. The van der Waals surface area contributed by atoms with E-state index in [1.54, 1.807) is 74.1 Å². The number of aromatic nitrogens is 1. The number of amides is 1. The van der Waals surface area contributed by atoms with E-state index in [0.717, 1.165) is 5.56 Å². The molecule has 150 valence electrons. The summed E-state index contributed by atoms with van der Waals surface area (Å²) in [7, 11) is 1.58. The molecular formula is C23H19N3O4. The highest BCUT2D eigenvalue weighted by Crippen LogP contribution is 2.20. The van der Waals surface area contributed by atoms with E-state index in [1.807, 2.05) is 6.07 Å². The Morgan fingerprint density at radius 2 is 1.73 bits per heavy atom. The highest BCUT2D eigenvalue weighted by Gasteiger charge is 2.29. The summed E-state index contributed by atoms with van der Waals surface area (Å²) in [5, 5.41) is 6.79. The van der Waals surface area contributed by atoms with E-state index in [0.29, 0.717) is 34.7 Å². The number of anilines is 1. The van der Waals surface area contributed by atoms with Gasteiger partial charge in [0.05, 0.1) is 12.8 Å². The molecule has 1 atom stereocenters. The number of hydrogen-bond donors (Lipinski definition) is 1. The number of ketones is 1. The second-order valence-corrected chi connectivity index (χ2v) is 6.70. The lowest BCUT2D eigenvalue weighted by molar-refractivity contribution is -0.125. The number of pyridine rings is 1. The molecule has 0 radical (unpaired) electrons. The Kier molecular flexibility index (Phi) is 5.52. The van der Waals surface area contributed by atoms with Crippen molar-refractivity contribution in [2.45, 2.75) is 12.5 Å². The quantitative estimate of drug-likeness (QED) is 0.639. The standard InChI is InChI=1S/C23H19N3O4/c1-29-19-10-6-16(7-11-19)22(27)15-4-8-18(9-5-15)25-23(28)21-13-20(26-30-21)17-3-2-12-24-14-17/h2-12,14,21H,13H2,1H3,(H,25,28).